The summed E-state index contributed by atoms with van der Waals surface area (Å²) < 4.78 is 7.03. The van der Waals surface area contributed by atoms with Crippen LogP contribution in [0.1, 0.15) is 74.9 Å². The molecule has 0 atom stereocenters. The lowest BCUT2D eigenvalue weighted by molar-refractivity contribution is -0.142. The molecule has 2 fully saturated rings. The molecular weight excluding hydrogens is 462 g/mol. The van der Waals surface area contributed by atoms with Crippen molar-refractivity contribution in [2.75, 3.05) is 7.05 Å². The zero-order valence-corrected chi connectivity index (χ0v) is 21.2. The maximum atomic E-state index is 12.4. The molecule has 10 nitrogen and oxygen atoms in total. The first-order valence-electron chi connectivity index (χ1n) is 12.5. The van der Waals surface area contributed by atoms with Crippen molar-refractivity contribution in [2.45, 2.75) is 77.4 Å². The molecule has 194 valence electrons. The maximum absolute atomic E-state index is 12.4. The smallest absolute Gasteiger partial charge is 0.410 e. The second kappa shape index (κ2) is 12.4. The molecule has 4 rings (SSSR count). The summed E-state index contributed by atoms with van der Waals surface area (Å²) in [4.78, 5) is 28.7. The first-order chi connectivity index (χ1) is 17.2. The average Bonchev–Trinajstić information content (AvgIpc) is 3.52. The fourth-order valence-corrected chi connectivity index (χ4v) is 4.79. The summed E-state index contributed by atoms with van der Waals surface area (Å²) in [6.07, 6.45) is 9.11. The van der Waals surface area contributed by atoms with Crippen LogP contribution in [0, 0.1) is 24.2 Å². The van der Waals surface area contributed by atoms with Gasteiger partial charge in [0.1, 0.15) is 18.4 Å². The molecule has 2 N–H and O–H groups in total. The number of pyridine rings is 1. The number of nitrogens with zero attached hydrogens (tertiary/aromatic N) is 5. The lowest BCUT2D eigenvalue weighted by Crippen LogP contribution is -2.35. The van der Waals surface area contributed by atoms with Gasteiger partial charge in [-0.2, -0.15) is 10.4 Å². The van der Waals surface area contributed by atoms with E-state index >= 15 is 0 Å². The predicted molar refractivity (Wildman–Crippen MR) is 132 cm³/mol. The molecule has 0 spiro atoms. The Balaban J connectivity index is 0.000000338. The third-order valence-electron chi connectivity index (χ3n) is 7.03. The first-order valence-corrected chi connectivity index (χ1v) is 12.5. The first kappa shape index (κ1) is 27.0. The summed E-state index contributed by atoms with van der Waals surface area (Å²) in [5.41, 5.74) is 2.25. The number of aromatic hydroxyl groups is 1. The second-order valence-electron chi connectivity index (χ2n) is 9.48. The molecule has 0 aromatic carbocycles. The SMILES string of the molecule is Cc1nc(-c2c(C#N)nn(C)c2COC(=O)N(C)C2CCCC2)ccc1O.O=C(O)C1CCCCC1. The molecule has 2 saturated carbocycles. The largest absolute Gasteiger partial charge is 0.506 e. The zero-order valence-electron chi connectivity index (χ0n) is 21.2. The number of carboxylic acid groups (broad SMARTS) is 1. The number of aryl methyl sites for hydroxylation is 2. The highest BCUT2D eigenvalue weighted by atomic mass is 16.6. The summed E-state index contributed by atoms with van der Waals surface area (Å²) in [6, 6.07) is 5.43. The Bertz CT molecular complexity index is 1110. The van der Waals surface area contributed by atoms with Crippen molar-refractivity contribution < 1.29 is 24.5 Å². The number of aliphatic carboxylic acids is 1. The van der Waals surface area contributed by atoms with E-state index in [9.17, 15) is 20.0 Å². The van der Waals surface area contributed by atoms with Gasteiger partial charge in [0, 0.05) is 20.1 Å². The van der Waals surface area contributed by atoms with Crippen LogP contribution < -0.4 is 0 Å². The lowest BCUT2D eigenvalue weighted by atomic mass is 9.90. The second-order valence-corrected chi connectivity index (χ2v) is 9.48. The highest BCUT2D eigenvalue weighted by Gasteiger charge is 2.26. The van der Waals surface area contributed by atoms with Crippen molar-refractivity contribution in [1.82, 2.24) is 19.7 Å². The van der Waals surface area contributed by atoms with Crippen molar-refractivity contribution in [2.24, 2.45) is 13.0 Å². The number of ether oxygens (including phenoxy) is 1. The van der Waals surface area contributed by atoms with Crippen molar-refractivity contribution in [1.29, 1.82) is 5.26 Å². The van der Waals surface area contributed by atoms with Crippen LogP contribution in [0.25, 0.3) is 11.3 Å². The molecule has 0 unspecified atom stereocenters. The van der Waals surface area contributed by atoms with Gasteiger partial charge in [-0.1, -0.05) is 32.1 Å². The third-order valence-corrected chi connectivity index (χ3v) is 7.03. The van der Waals surface area contributed by atoms with E-state index in [-0.39, 0.29) is 36.1 Å². The molecule has 0 radical (unpaired) electrons. The number of nitriles is 1. The summed E-state index contributed by atoms with van der Waals surface area (Å²) in [5, 5.41) is 31.9. The van der Waals surface area contributed by atoms with Crippen molar-refractivity contribution in [3.8, 4) is 23.1 Å². The van der Waals surface area contributed by atoms with E-state index in [1.807, 2.05) is 0 Å². The molecule has 2 heterocycles. The Morgan fingerprint density at radius 2 is 1.81 bits per heavy atom. The molecule has 0 saturated heterocycles. The van der Waals surface area contributed by atoms with Crippen LogP contribution in [-0.2, 0) is 23.2 Å². The Kier molecular flexibility index (Phi) is 9.28. The van der Waals surface area contributed by atoms with Crippen LogP contribution in [0.15, 0.2) is 12.1 Å². The van der Waals surface area contributed by atoms with Crippen LogP contribution in [0.3, 0.4) is 0 Å². The van der Waals surface area contributed by atoms with Crippen molar-refractivity contribution >= 4 is 12.1 Å². The molecular formula is C26H35N5O5. The Morgan fingerprint density at radius 1 is 1.17 bits per heavy atom. The topological polar surface area (TPSA) is 142 Å². The molecule has 0 aliphatic heterocycles. The van der Waals surface area contributed by atoms with E-state index in [1.165, 1.54) is 17.2 Å². The zero-order chi connectivity index (χ0) is 26.2. The van der Waals surface area contributed by atoms with E-state index in [0.29, 0.717) is 22.6 Å². The highest BCUT2D eigenvalue weighted by molar-refractivity contribution is 5.71. The van der Waals surface area contributed by atoms with Gasteiger partial charge in [-0.15, -0.1) is 0 Å². The molecule has 2 aromatic rings. The normalized spacial score (nSPS) is 16.1. The number of rotatable bonds is 5. The van der Waals surface area contributed by atoms with Crippen molar-refractivity contribution in [3.63, 3.8) is 0 Å². The summed E-state index contributed by atoms with van der Waals surface area (Å²) in [7, 11) is 3.45. The quantitative estimate of drug-likeness (QED) is 0.614. The van der Waals surface area contributed by atoms with Gasteiger partial charge in [-0.3, -0.25) is 9.48 Å². The molecule has 36 heavy (non-hydrogen) atoms. The van der Waals surface area contributed by atoms with Crippen LogP contribution in [0.2, 0.25) is 0 Å². The third kappa shape index (κ3) is 6.53. The lowest BCUT2D eigenvalue weighted by Gasteiger charge is -2.23. The number of carbonyl (C=O) groups excluding carboxylic acids is 1. The molecule has 10 heteroatoms. The van der Waals surface area contributed by atoms with Crippen LogP contribution in [-0.4, -0.2) is 55.0 Å². The van der Waals surface area contributed by atoms with Gasteiger partial charge >= 0.3 is 12.1 Å². The van der Waals surface area contributed by atoms with Gasteiger partial charge in [0.25, 0.3) is 0 Å². The van der Waals surface area contributed by atoms with Gasteiger partial charge in [-0.25, -0.2) is 9.78 Å². The standard InChI is InChI=1S/C19H23N5O3.C7H12O2/c1-12-17(25)9-8-14(21-12)18-15(10-20)22-24(3)16(18)11-27-19(26)23(2)13-6-4-5-7-13;8-7(9)6-4-2-1-3-5-6/h8-9,13,25H,4-7,11H2,1-3H3;6H,1-5H2,(H,8,9). The minimum atomic E-state index is -0.602. The van der Waals surface area contributed by atoms with Crippen LogP contribution in [0.5, 0.6) is 5.75 Å². The maximum Gasteiger partial charge on any atom is 0.410 e. The van der Waals surface area contributed by atoms with Gasteiger partial charge in [0.15, 0.2) is 5.69 Å². The predicted octanol–water partition coefficient (Wildman–Crippen LogP) is 4.53. The van der Waals surface area contributed by atoms with E-state index < -0.39 is 5.97 Å². The van der Waals surface area contributed by atoms with Crippen LogP contribution >= 0.6 is 0 Å². The molecule has 2 aromatic heterocycles. The van der Waals surface area contributed by atoms with Crippen molar-refractivity contribution in [3.05, 3.63) is 29.2 Å². The number of amides is 1. The summed E-state index contributed by atoms with van der Waals surface area (Å²) in [6.45, 7) is 1.66. The molecule has 1 amide bonds. The van der Waals surface area contributed by atoms with E-state index in [1.54, 1.807) is 32.0 Å². The van der Waals surface area contributed by atoms with Crippen LogP contribution in [0.4, 0.5) is 4.79 Å². The molecule has 2 aliphatic carbocycles. The monoisotopic (exact) mass is 497 g/mol. The fraction of sp³-hybridized carbons (Fsp3) is 0.577. The summed E-state index contributed by atoms with van der Waals surface area (Å²) in [5.74, 6) is -0.555. The fourth-order valence-electron chi connectivity index (χ4n) is 4.79. The number of hydrogen-bond acceptors (Lipinski definition) is 7. The average molecular weight is 498 g/mol. The van der Waals surface area contributed by atoms with E-state index in [4.69, 9.17) is 9.84 Å². The number of hydrogen-bond donors (Lipinski definition) is 2. The minimum Gasteiger partial charge on any atom is -0.506 e. The minimum absolute atomic E-state index is 0.0159. The Labute approximate surface area is 211 Å². The van der Waals surface area contributed by atoms with E-state index in [2.05, 4.69) is 16.2 Å². The Morgan fingerprint density at radius 3 is 2.36 bits per heavy atom. The number of aromatic nitrogens is 3. The number of carboxylic acids is 1. The van der Waals surface area contributed by atoms with Gasteiger partial charge in [0.05, 0.1) is 28.6 Å². The molecule has 0 bridgehead atoms. The Hall–Kier alpha value is -3.61. The summed E-state index contributed by atoms with van der Waals surface area (Å²) >= 11 is 0. The van der Waals surface area contributed by atoms with E-state index in [0.717, 1.165) is 51.4 Å². The highest BCUT2D eigenvalue weighted by Crippen LogP contribution is 2.29. The number of carbonyl (C=O) groups is 2. The molecule has 2 aliphatic rings. The van der Waals surface area contributed by atoms with Gasteiger partial charge in [0.2, 0.25) is 0 Å². The van der Waals surface area contributed by atoms with Gasteiger partial charge in [-0.05, 0) is 44.7 Å². The van der Waals surface area contributed by atoms with Gasteiger partial charge < -0.3 is 19.8 Å².